The molecule has 1 aromatic heterocycles. The van der Waals surface area contributed by atoms with Crippen LogP contribution in [-0.2, 0) is 4.74 Å². The molecule has 0 aromatic carbocycles. The Balaban J connectivity index is 1.87. The monoisotopic (exact) mass is 341 g/mol. The zero-order valence-corrected chi connectivity index (χ0v) is 14.7. The molecule has 1 amide bonds. The number of piperidine rings is 1. The lowest BCUT2D eigenvalue weighted by Gasteiger charge is -2.36. The van der Waals surface area contributed by atoms with Crippen LogP contribution in [0.25, 0.3) is 0 Å². The highest BCUT2D eigenvalue weighted by Gasteiger charge is 2.30. The van der Waals surface area contributed by atoms with E-state index in [1.807, 2.05) is 25.7 Å². The molecule has 0 bridgehead atoms. The van der Waals surface area contributed by atoms with Crippen LogP contribution in [0.3, 0.4) is 0 Å². The molecule has 1 saturated heterocycles. The highest BCUT2D eigenvalue weighted by Crippen LogP contribution is 2.22. The summed E-state index contributed by atoms with van der Waals surface area (Å²) in [6.45, 7) is 6.80. The van der Waals surface area contributed by atoms with Crippen molar-refractivity contribution in [3.63, 3.8) is 0 Å². The maximum Gasteiger partial charge on any atom is 0.410 e. The first-order valence-electron chi connectivity index (χ1n) is 7.96. The third-order valence-electron chi connectivity index (χ3n) is 3.54. The molecule has 0 saturated carbocycles. The summed E-state index contributed by atoms with van der Waals surface area (Å²) in [6, 6.07) is 1.98. The summed E-state index contributed by atoms with van der Waals surface area (Å²) in [6.07, 6.45) is 5.10. The van der Waals surface area contributed by atoms with Gasteiger partial charge in [0.15, 0.2) is 0 Å². The van der Waals surface area contributed by atoms with Crippen molar-refractivity contribution in [3.05, 3.63) is 17.4 Å². The Morgan fingerprint density at radius 2 is 2.22 bits per heavy atom. The van der Waals surface area contributed by atoms with Gasteiger partial charge in [-0.2, -0.15) is 4.98 Å². The van der Waals surface area contributed by atoms with E-state index in [4.69, 9.17) is 21.1 Å². The number of amides is 1. The van der Waals surface area contributed by atoms with Crippen molar-refractivity contribution in [2.24, 2.45) is 0 Å². The Labute approximate surface area is 142 Å². The molecule has 6 nitrogen and oxygen atoms in total. The predicted molar refractivity (Wildman–Crippen MR) is 87.7 cm³/mol. The van der Waals surface area contributed by atoms with Gasteiger partial charge in [-0.25, -0.2) is 9.78 Å². The molecule has 1 fully saturated rings. The van der Waals surface area contributed by atoms with Gasteiger partial charge in [0.25, 0.3) is 0 Å². The van der Waals surface area contributed by atoms with Gasteiger partial charge in [0.05, 0.1) is 6.61 Å². The standard InChI is InChI=1S/C16H24ClN3O3/c1-16(2,3)23-15(21)20-10-5-4-6-12(20)8-11-22-14-18-9-7-13(17)19-14/h7,9,12H,4-6,8,10-11H2,1-3H3. The van der Waals surface area contributed by atoms with Gasteiger partial charge in [-0.3, -0.25) is 0 Å². The van der Waals surface area contributed by atoms with E-state index in [-0.39, 0.29) is 18.1 Å². The van der Waals surface area contributed by atoms with Crippen molar-refractivity contribution >= 4 is 17.7 Å². The van der Waals surface area contributed by atoms with E-state index < -0.39 is 5.60 Å². The second kappa shape index (κ2) is 7.81. The van der Waals surface area contributed by atoms with Crippen molar-refractivity contribution in [1.29, 1.82) is 0 Å². The SMILES string of the molecule is CC(C)(C)OC(=O)N1CCCCC1CCOc1nccc(Cl)n1. The number of ether oxygens (including phenoxy) is 2. The molecule has 2 rings (SSSR count). The number of carbonyl (C=O) groups excluding carboxylic acids is 1. The topological polar surface area (TPSA) is 64.5 Å². The minimum absolute atomic E-state index is 0.123. The van der Waals surface area contributed by atoms with Crippen molar-refractivity contribution in [3.8, 4) is 6.01 Å². The summed E-state index contributed by atoms with van der Waals surface area (Å²) in [5.41, 5.74) is -0.482. The van der Waals surface area contributed by atoms with Crippen LogP contribution in [0.4, 0.5) is 4.79 Å². The number of rotatable bonds is 4. The minimum Gasteiger partial charge on any atom is -0.463 e. The molecule has 23 heavy (non-hydrogen) atoms. The van der Waals surface area contributed by atoms with E-state index in [2.05, 4.69) is 9.97 Å². The van der Waals surface area contributed by atoms with Crippen LogP contribution in [-0.4, -0.2) is 45.8 Å². The Hall–Kier alpha value is -1.56. The Morgan fingerprint density at radius 1 is 1.43 bits per heavy atom. The molecule has 128 valence electrons. The average Bonchev–Trinajstić information content (AvgIpc) is 2.46. The maximum absolute atomic E-state index is 12.3. The van der Waals surface area contributed by atoms with E-state index in [0.29, 0.717) is 11.8 Å². The quantitative estimate of drug-likeness (QED) is 0.781. The number of likely N-dealkylation sites (tertiary alicyclic amines) is 1. The predicted octanol–water partition coefficient (Wildman–Crippen LogP) is 3.69. The Morgan fingerprint density at radius 3 is 2.91 bits per heavy atom. The number of hydrogen-bond acceptors (Lipinski definition) is 5. The van der Waals surface area contributed by atoms with Crippen LogP contribution in [0.15, 0.2) is 12.3 Å². The number of nitrogens with zero attached hydrogens (tertiary/aromatic N) is 3. The van der Waals surface area contributed by atoms with Crippen LogP contribution < -0.4 is 4.74 Å². The van der Waals surface area contributed by atoms with E-state index in [0.717, 1.165) is 32.2 Å². The highest BCUT2D eigenvalue weighted by molar-refractivity contribution is 6.29. The molecule has 1 aliphatic rings. The van der Waals surface area contributed by atoms with Crippen LogP contribution >= 0.6 is 11.6 Å². The van der Waals surface area contributed by atoms with E-state index in [9.17, 15) is 4.79 Å². The summed E-state index contributed by atoms with van der Waals surface area (Å²) in [5, 5.41) is 0.350. The summed E-state index contributed by atoms with van der Waals surface area (Å²) < 4.78 is 11.0. The van der Waals surface area contributed by atoms with Gasteiger partial charge in [-0.1, -0.05) is 11.6 Å². The highest BCUT2D eigenvalue weighted by atomic mass is 35.5. The largest absolute Gasteiger partial charge is 0.463 e. The number of aromatic nitrogens is 2. The summed E-state index contributed by atoms with van der Waals surface area (Å²) in [4.78, 5) is 22.1. The first kappa shape index (κ1) is 17.8. The van der Waals surface area contributed by atoms with Crippen molar-refractivity contribution in [2.75, 3.05) is 13.2 Å². The van der Waals surface area contributed by atoms with Gasteiger partial charge in [0.1, 0.15) is 10.8 Å². The van der Waals surface area contributed by atoms with Crippen LogP contribution in [0.5, 0.6) is 6.01 Å². The molecule has 0 radical (unpaired) electrons. The van der Waals surface area contributed by atoms with E-state index >= 15 is 0 Å². The van der Waals surface area contributed by atoms with Gasteiger partial charge in [-0.05, 0) is 46.1 Å². The summed E-state index contributed by atoms with van der Waals surface area (Å²) in [7, 11) is 0. The molecule has 0 N–H and O–H groups in total. The molecular formula is C16H24ClN3O3. The lowest BCUT2D eigenvalue weighted by molar-refractivity contribution is 0.00732. The van der Waals surface area contributed by atoms with Gasteiger partial charge in [0.2, 0.25) is 0 Å². The van der Waals surface area contributed by atoms with E-state index in [1.165, 1.54) is 0 Å². The summed E-state index contributed by atoms with van der Waals surface area (Å²) in [5.74, 6) is 0. The molecule has 1 atom stereocenters. The Kier molecular flexibility index (Phi) is 6.04. The van der Waals surface area contributed by atoms with Crippen LogP contribution in [0, 0.1) is 0 Å². The fourth-order valence-corrected chi connectivity index (χ4v) is 2.67. The van der Waals surface area contributed by atoms with Crippen molar-refractivity contribution < 1.29 is 14.3 Å². The van der Waals surface area contributed by atoms with Gasteiger partial charge >= 0.3 is 12.1 Å². The zero-order chi connectivity index (χ0) is 16.9. The molecule has 7 heteroatoms. The van der Waals surface area contributed by atoms with Crippen molar-refractivity contribution in [2.45, 2.75) is 58.1 Å². The minimum atomic E-state index is -0.482. The molecular weight excluding hydrogens is 318 g/mol. The van der Waals surface area contributed by atoms with E-state index in [1.54, 1.807) is 12.3 Å². The van der Waals surface area contributed by atoms with Crippen LogP contribution in [0.1, 0.15) is 46.5 Å². The van der Waals surface area contributed by atoms with Gasteiger partial charge < -0.3 is 14.4 Å². The second-order valence-corrected chi connectivity index (χ2v) is 7.01. The Bertz CT molecular complexity index is 534. The lowest BCUT2D eigenvalue weighted by atomic mass is 10.0. The maximum atomic E-state index is 12.3. The third-order valence-corrected chi connectivity index (χ3v) is 3.75. The zero-order valence-electron chi connectivity index (χ0n) is 13.9. The first-order valence-corrected chi connectivity index (χ1v) is 8.34. The average molecular weight is 342 g/mol. The molecule has 1 aromatic rings. The first-order chi connectivity index (χ1) is 10.8. The van der Waals surface area contributed by atoms with Crippen molar-refractivity contribution in [1.82, 2.24) is 14.9 Å². The van der Waals surface area contributed by atoms with Gasteiger partial charge in [-0.15, -0.1) is 0 Å². The molecule has 0 aliphatic carbocycles. The smallest absolute Gasteiger partial charge is 0.410 e. The fourth-order valence-electron chi connectivity index (χ4n) is 2.54. The number of halogens is 1. The summed E-state index contributed by atoms with van der Waals surface area (Å²) >= 11 is 5.80. The molecule has 2 heterocycles. The number of carbonyl (C=O) groups is 1. The molecule has 1 unspecified atom stereocenters. The molecule has 1 aliphatic heterocycles. The fraction of sp³-hybridized carbons (Fsp3) is 0.688. The number of hydrogen-bond donors (Lipinski definition) is 0. The lowest BCUT2D eigenvalue weighted by Crippen LogP contribution is -2.46. The molecule has 0 spiro atoms. The van der Waals surface area contributed by atoms with Crippen LogP contribution in [0.2, 0.25) is 5.15 Å². The third kappa shape index (κ3) is 5.86. The normalized spacial score (nSPS) is 18.6. The van der Waals surface area contributed by atoms with Gasteiger partial charge in [0, 0.05) is 25.2 Å². The second-order valence-electron chi connectivity index (χ2n) is 6.62.